The minimum Gasteiger partial charge on any atom is -0.340 e. The van der Waals surface area contributed by atoms with Gasteiger partial charge in [-0.3, -0.25) is 4.79 Å². The molecule has 0 unspecified atom stereocenters. The number of pyridine rings is 1. The Balaban J connectivity index is 1.68. The topological polar surface area (TPSA) is 54.0 Å². The highest BCUT2D eigenvalue weighted by atomic mass is 79.9. The minimum absolute atomic E-state index is 0.190. The summed E-state index contributed by atoms with van der Waals surface area (Å²) >= 11 is 3.46. The summed E-state index contributed by atoms with van der Waals surface area (Å²) in [5.74, 6) is 0.500. The first-order valence-corrected chi connectivity index (χ1v) is 8.27. The number of rotatable bonds is 4. The lowest BCUT2D eigenvalue weighted by Gasteiger charge is -2.08. The summed E-state index contributed by atoms with van der Waals surface area (Å²) < 4.78 is 0.959. The number of anilines is 3. The third-order valence-electron chi connectivity index (χ3n) is 3.50. The molecular weight excluding hydrogens is 366 g/mol. The van der Waals surface area contributed by atoms with Gasteiger partial charge in [0.1, 0.15) is 5.82 Å². The van der Waals surface area contributed by atoms with Crippen molar-refractivity contribution in [1.82, 2.24) is 4.98 Å². The first-order chi connectivity index (χ1) is 11.6. The van der Waals surface area contributed by atoms with Crippen LogP contribution in [0.15, 0.2) is 71.3 Å². The molecule has 0 radical (unpaired) electrons. The highest BCUT2D eigenvalue weighted by molar-refractivity contribution is 9.10. The number of aryl methyl sites for hydroxylation is 1. The van der Waals surface area contributed by atoms with Crippen LogP contribution in [0.25, 0.3) is 0 Å². The number of aromatic nitrogens is 1. The Labute approximate surface area is 149 Å². The molecule has 3 rings (SSSR count). The highest BCUT2D eigenvalue weighted by Crippen LogP contribution is 2.21. The normalized spacial score (nSPS) is 10.2. The Kier molecular flexibility index (Phi) is 4.91. The number of para-hydroxylation sites is 1. The SMILES string of the molecule is Cc1ccc(NC(=O)c2ccc(Nc3ccccc3)nc2)cc1Br. The number of amides is 1. The first kappa shape index (κ1) is 16.2. The van der Waals surface area contributed by atoms with Crippen molar-refractivity contribution in [3.05, 3.63) is 82.5 Å². The molecule has 1 amide bonds. The van der Waals surface area contributed by atoms with E-state index in [2.05, 4.69) is 31.5 Å². The number of nitrogens with one attached hydrogen (secondary N) is 2. The zero-order valence-electron chi connectivity index (χ0n) is 13.1. The predicted octanol–water partition coefficient (Wildman–Crippen LogP) is 5.15. The second-order valence-corrected chi connectivity index (χ2v) is 6.20. The molecule has 0 saturated heterocycles. The van der Waals surface area contributed by atoms with E-state index in [-0.39, 0.29) is 5.91 Å². The van der Waals surface area contributed by atoms with Gasteiger partial charge in [0, 0.05) is 22.0 Å². The molecule has 1 heterocycles. The van der Waals surface area contributed by atoms with Crippen LogP contribution >= 0.6 is 15.9 Å². The fraction of sp³-hybridized carbons (Fsp3) is 0.0526. The molecule has 4 nitrogen and oxygen atoms in total. The first-order valence-electron chi connectivity index (χ1n) is 7.47. The Morgan fingerprint density at radius 2 is 1.79 bits per heavy atom. The molecule has 0 aliphatic heterocycles. The van der Waals surface area contributed by atoms with Crippen LogP contribution in [0.3, 0.4) is 0 Å². The van der Waals surface area contributed by atoms with Crippen LogP contribution in [0.4, 0.5) is 17.2 Å². The number of carbonyl (C=O) groups excluding carboxylic acids is 1. The van der Waals surface area contributed by atoms with Crippen molar-refractivity contribution in [2.45, 2.75) is 6.92 Å². The Bertz CT molecular complexity index is 848. The van der Waals surface area contributed by atoms with E-state index in [1.807, 2.05) is 55.5 Å². The van der Waals surface area contributed by atoms with Crippen LogP contribution in [-0.4, -0.2) is 10.9 Å². The number of hydrogen-bond donors (Lipinski definition) is 2. The summed E-state index contributed by atoms with van der Waals surface area (Å²) in [5, 5.41) is 6.05. The molecule has 0 aliphatic carbocycles. The smallest absolute Gasteiger partial charge is 0.257 e. The van der Waals surface area contributed by atoms with Gasteiger partial charge in [0.05, 0.1) is 5.56 Å². The summed E-state index contributed by atoms with van der Waals surface area (Å²) in [5.41, 5.74) is 3.31. The van der Waals surface area contributed by atoms with Crippen LogP contribution in [0.5, 0.6) is 0 Å². The van der Waals surface area contributed by atoms with Crippen molar-refractivity contribution in [1.29, 1.82) is 0 Å². The summed E-state index contributed by atoms with van der Waals surface area (Å²) in [7, 11) is 0. The molecule has 0 spiro atoms. The van der Waals surface area contributed by atoms with E-state index in [0.717, 1.165) is 21.4 Å². The molecule has 120 valence electrons. The van der Waals surface area contributed by atoms with Gasteiger partial charge in [-0.1, -0.05) is 40.2 Å². The zero-order chi connectivity index (χ0) is 16.9. The van der Waals surface area contributed by atoms with Gasteiger partial charge in [0.15, 0.2) is 0 Å². The second-order valence-electron chi connectivity index (χ2n) is 5.34. The summed E-state index contributed by atoms with van der Waals surface area (Å²) in [6.07, 6.45) is 1.56. The lowest BCUT2D eigenvalue weighted by atomic mass is 10.2. The lowest BCUT2D eigenvalue weighted by molar-refractivity contribution is 0.102. The van der Waals surface area contributed by atoms with Gasteiger partial charge in [-0.15, -0.1) is 0 Å². The summed E-state index contributed by atoms with van der Waals surface area (Å²) in [6, 6.07) is 19.0. The third-order valence-corrected chi connectivity index (χ3v) is 4.36. The molecule has 0 aliphatic rings. The molecule has 0 atom stereocenters. The van der Waals surface area contributed by atoms with Crippen LogP contribution in [0, 0.1) is 6.92 Å². The molecule has 0 fully saturated rings. The monoisotopic (exact) mass is 381 g/mol. The van der Waals surface area contributed by atoms with Crippen LogP contribution < -0.4 is 10.6 Å². The predicted molar refractivity (Wildman–Crippen MR) is 101 cm³/mol. The van der Waals surface area contributed by atoms with E-state index >= 15 is 0 Å². The van der Waals surface area contributed by atoms with E-state index in [4.69, 9.17) is 0 Å². The molecule has 24 heavy (non-hydrogen) atoms. The molecule has 0 bridgehead atoms. The van der Waals surface area contributed by atoms with Crippen LogP contribution in [0.1, 0.15) is 15.9 Å². The van der Waals surface area contributed by atoms with Gasteiger partial charge in [-0.05, 0) is 48.9 Å². The maximum Gasteiger partial charge on any atom is 0.257 e. The van der Waals surface area contributed by atoms with Gasteiger partial charge < -0.3 is 10.6 Å². The number of halogens is 1. The molecular formula is C19H16BrN3O. The van der Waals surface area contributed by atoms with Crippen molar-refractivity contribution >= 4 is 39.0 Å². The maximum atomic E-state index is 12.3. The molecule has 5 heteroatoms. The number of carbonyl (C=O) groups is 1. The van der Waals surface area contributed by atoms with Crippen molar-refractivity contribution < 1.29 is 4.79 Å². The summed E-state index contributed by atoms with van der Waals surface area (Å²) in [6.45, 7) is 2.00. The van der Waals surface area contributed by atoms with Crippen LogP contribution in [0.2, 0.25) is 0 Å². The van der Waals surface area contributed by atoms with E-state index in [1.54, 1.807) is 18.3 Å². The zero-order valence-corrected chi connectivity index (χ0v) is 14.7. The highest BCUT2D eigenvalue weighted by Gasteiger charge is 2.08. The molecule has 2 aromatic carbocycles. The van der Waals surface area contributed by atoms with Crippen molar-refractivity contribution in [3.63, 3.8) is 0 Å². The van der Waals surface area contributed by atoms with Crippen LogP contribution in [-0.2, 0) is 0 Å². The second kappa shape index (κ2) is 7.27. The van der Waals surface area contributed by atoms with Gasteiger partial charge >= 0.3 is 0 Å². The minimum atomic E-state index is -0.190. The van der Waals surface area contributed by atoms with Crippen molar-refractivity contribution in [2.24, 2.45) is 0 Å². The molecule has 2 N–H and O–H groups in total. The van der Waals surface area contributed by atoms with Crippen molar-refractivity contribution in [3.8, 4) is 0 Å². The van der Waals surface area contributed by atoms with E-state index in [1.165, 1.54) is 0 Å². The average Bonchev–Trinajstić information content (AvgIpc) is 2.60. The number of benzene rings is 2. The van der Waals surface area contributed by atoms with Gasteiger partial charge in [0.25, 0.3) is 5.91 Å². The standard InChI is InChI=1S/C19H16BrN3O/c1-13-7-9-16(11-17(13)20)23-19(24)14-8-10-18(21-12-14)22-15-5-3-2-4-6-15/h2-12H,1H3,(H,21,22)(H,23,24). The van der Waals surface area contributed by atoms with E-state index < -0.39 is 0 Å². The largest absolute Gasteiger partial charge is 0.340 e. The molecule has 0 saturated carbocycles. The number of hydrogen-bond acceptors (Lipinski definition) is 3. The van der Waals surface area contributed by atoms with Crippen molar-refractivity contribution in [2.75, 3.05) is 10.6 Å². The summed E-state index contributed by atoms with van der Waals surface area (Å²) in [4.78, 5) is 16.6. The number of nitrogens with zero attached hydrogens (tertiary/aromatic N) is 1. The fourth-order valence-corrected chi connectivity index (χ4v) is 2.52. The molecule has 1 aromatic heterocycles. The lowest BCUT2D eigenvalue weighted by Crippen LogP contribution is -2.12. The van der Waals surface area contributed by atoms with Gasteiger partial charge in [-0.25, -0.2) is 4.98 Å². The van der Waals surface area contributed by atoms with Gasteiger partial charge in [-0.2, -0.15) is 0 Å². The fourth-order valence-electron chi connectivity index (χ4n) is 2.15. The Hall–Kier alpha value is -2.66. The maximum absolute atomic E-state index is 12.3. The van der Waals surface area contributed by atoms with E-state index in [9.17, 15) is 4.79 Å². The van der Waals surface area contributed by atoms with Gasteiger partial charge in [0.2, 0.25) is 0 Å². The Morgan fingerprint density at radius 1 is 1.00 bits per heavy atom. The third kappa shape index (κ3) is 4.00. The molecule has 3 aromatic rings. The average molecular weight is 382 g/mol. The quantitative estimate of drug-likeness (QED) is 0.656. The van der Waals surface area contributed by atoms with E-state index in [0.29, 0.717) is 11.4 Å². The Morgan fingerprint density at radius 3 is 2.46 bits per heavy atom.